The van der Waals surface area contributed by atoms with Gasteiger partial charge in [-0.1, -0.05) is 19.0 Å². The first-order valence-electron chi connectivity index (χ1n) is 6.67. The maximum absolute atomic E-state index is 5.79. The Kier molecular flexibility index (Phi) is 4.37. The Morgan fingerprint density at radius 1 is 1.37 bits per heavy atom. The zero-order chi connectivity index (χ0) is 13.8. The zero-order valence-corrected chi connectivity index (χ0v) is 11.7. The van der Waals surface area contributed by atoms with Crippen LogP contribution in [0.15, 0.2) is 21.3 Å². The standard InChI is InChI=1S/C14H21N3O2/c1-9(2)6-11(8-15)7-12-16-14(17-19-12)13-10(3)4-5-18-13/h4-5,9,11H,6-8,15H2,1-3H3/t11-/m0/s1. The minimum Gasteiger partial charge on any atom is -0.461 e. The first-order valence-corrected chi connectivity index (χ1v) is 6.67. The summed E-state index contributed by atoms with van der Waals surface area (Å²) in [5, 5.41) is 3.97. The summed E-state index contributed by atoms with van der Waals surface area (Å²) >= 11 is 0. The van der Waals surface area contributed by atoms with E-state index in [9.17, 15) is 0 Å². The molecule has 0 aliphatic heterocycles. The second kappa shape index (κ2) is 6.02. The quantitative estimate of drug-likeness (QED) is 0.867. The molecule has 1 atom stereocenters. The molecule has 2 heterocycles. The van der Waals surface area contributed by atoms with Gasteiger partial charge in [0.2, 0.25) is 11.7 Å². The number of nitrogens with zero attached hydrogens (tertiary/aromatic N) is 2. The first kappa shape index (κ1) is 13.8. The lowest BCUT2D eigenvalue weighted by Gasteiger charge is -2.14. The highest BCUT2D eigenvalue weighted by Crippen LogP contribution is 2.22. The fourth-order valence-electron chi connectivity index (χ4n) is 2.21. The molecule has 0 aliphatic rings. The molecule has 104 valence electrons. The molecule has 0 unspecified atom stereocenters. The predicted octanol–water partition coefficient (Wildman–Crippen LogP) is 2.80. The molecule has 5 nitrogen and oxygen atoms in total. The summed E-state index contributed by atoms with van der Waals surface area (Å²) in [5.74, 6) is 2.80. The second-order valence-corrected chi connectivity index (χ2v) is 5.38. The largest absolute Gasteiger partial charge is 0.461 e. The van der Waals surface area contributed by atoms with Gasteiger partial charge in [0.25, 0.3) is 0 Å². The fourth-order valence-corrected chi connectivity index (χ4v) is 2.21. The van der Waals surface area contributed by atoms with Crippen molar-refractivity contribution in [2.75, 3.05) is 6.54 Å². The molecule has 0 saturated heterocycles. The average Bonchev–Trinajstić information content (AvgIpc) is 2.96. The van der Waals surface area contributed by atoms with Gasteiger partial charge < -0.3 is 14.7 Å². The summed E-state index contributed by atoms with van der Waals surface area (Å²) in [7, 11) is 0. The molecule has 0 fully saturated rings. The molecular formula is C14H21N3O2. The minimum atomic E-state index is 0.381. The number of hydrogen-bond donors (Lipinski definition) is 1. The van der Waals surface area contributed by atoms with Crippen molar-refractivity contribution in [3.63, 3.8) is 0 Å². The molecule has 0 radical (unpaired) electrons. The van der Waals surface area contributed by atoms with Crippen LogP contribution in [0, 0.1) is 18.8 Å². The van der Waals surface area contributed by atoms with E-state index in [1.807, 2.05) is 13.0 Å². The molecule has 2 aromatic heterocycles. The molecule has 5 heteroatoms. The maximum Gasteiger partial charge on any atom is 0.238 e. The van der Waals surface area contributed by atoms with Crippen molar-refractivity contribution < 1.29 is 8.94 Å². The van der Waals surface area contributed by atoms with Gasteiger partial charge in [-0.3, -0.25) is 0 Å². The van der Waals surface area contributed by atoms with Crippen molar-refractivity contribution in [2.45, 2.75) is 33.6 Å². The van der Waals surface area contributed by atoms with Gasteiger partial charge in [-0.25, -0.2) is 0 Å². The second-order valence-electron chi connectivity index (χ2n) is 5.38. The molecule has 2 N–H and O–H groups in total. The Labute approximate surface area is 113 Å². The third-order valence-corrected chi connectivity index (χ3v) is 3.13. The van der Waals surface area contributed by atoms with Gasteiger partial charge in [0, 0.05) is 6.42 Å². The summed E-state index contributed by atoms with van der Waals surface area (Å²) in [5.41, 5.74) is 6.79. The van der Waals surface area contributed by atoms with Crippen LogP contribution < -0.4 is 5.73 Å². The maximum atomic E-state index is 5.79. The average molecular weight is 263 g/mol. The lowest BCUT2D eigenvalue weighted by atomic mass is 9.94. The normalized spacial score (nSPS) is 13.1. The number of aromatic nitrogens is 2. The van der Waals surface area contributed by atoms with E-state index < -0.39 is 0 Å². The van der Waals surface area contributed by atoms with Crippen LogP contribution >= 0.6 is 0 Å². The Hall–Kier alpha value is -1.62. The number of furan rings is 1. The highest BCUT2D eigenvalue weighted by atomic mass is 16.5. The fraction of sp³-hybridized carbons (Fsp3) is 0.571. The van der Waals surface area contributed by atoms with E-state index in [4.69, 9.17) is 14.7 Å². The number of rotatable bonds is 6. The minimum absolute atomic E-state index is 0.381. The lowest BCUT2D eigenvalue weighted by Crippen LogP contribution is -2.19. The van der Waals surface area contributed by atoms with E-state index in [1.165, 1.54) is 0 Å². The molecule has 2 aromatic rings. The van der Waals surface area contributed by atoms with Crippen LogP contribution in [0.3, 0.4) is 0 Å². The molecule has 0 saturated carbocycles. The summed E-state index contributed by atoms with van der Waals surface area (Å²) in [6.07, 6.45) is 3.41. The molecule has 0 amide bonds. The van der Waals surface area contributed by atoms with Crippen molar-refractivity contribution in [3.05, 3.63) is 23.8 Å². The molecule has 0 aliphatic carbocycles. The van der Waals surface area contributed by atoms with Crippen LogP contribution in [-0.2, 0) is 6.42 Å². The highest BCUT2D eigenvalue weighted by molar-refractivity contribution is 5.50. The van der Waals surface area contributed by atoms with E-state index in [0.29, 0.717) is 35.9 Å². The summed E-state index contributed by atoms with van der Waals surface area (Å²) in [6.45, 7) is 6.97. The van der Waals surface area contributed by atoms with E-state index in [-0.39, 0.29) is 0 Å². The number of nitrogens with two attached hydrogens (primary N) is 1. The van der Waals surface area contributed by atoms with Crippen molar-refractivity contribution in [1.29, 1.82) is 0 Å². The van der Waals surface area contributed by atoms with Crippen LogP contribution in [0.2, 0.25) is 0 Å². The zero-order valence-electron chi connectivity index (χ0n) is 11.7. The Bertz CT molecular complexity index is 516. The van der Waals surface area contributed by atoms with Crippen LogP contribution in [0.1, 0.15) is 31.7 Å². The summed E-state index contributed by atoms with van der Waals surface area (Å²) in [4.78, 5) is 4.38. The third-order valence-electron chi connectivity index (χ3n) is 3.13. The van der Waals surface area contributed by atoms with E-state index in [0.717, 1.165) is 18.4 Å². The molecule has 0 bridgehead atoms. The van der Waals surface area contributed by atoms with Crippen molar-refractivity contribution >= 4 is 0 Å². The van der Waals surface area contributed by atoms with E-state index >= 15 is 0 Å². The van der Waals surface area contributed by atoms with Gasteiger partial charge in [-0.05, 0) is 43.4 Å². The number of hydrogen-bond acceptors (Lipinski definition) is 5. The van der Waals surface area contributed by atoms with Crippen LogP contribution in [0.5, 0.6) is 0 Å². The van der Waals surface area contributed by atoms with Gasteiger partial charge in [0.15, 0.2) is 5.76 Å². The van der Waals surface area contributed by atoms with Crippen LogP contribution in [-0.4, -0.2) is 16.7 Å². The first-order chi connectivity index (χ1) is 9.10. The van der Waals surface area contributed by atoms with Gasteiger partial charge in [-0.15, -0.1) is 0 Å². The predicted molar refractivity (Wildman–Crippen MR) is 72.4 cm³/mol. The van der Waals surface area contributed by atoms with Crippen LogP contribution in [0.25, 0.3) is 11.6 Å². The monoisotopic (exact) mass is 263 g/mol. The molecule has 2 rings (SSSR count). The van der Waals surface area contributed by atoms with Gasteiger partial charge in [0.1, 0.15) is 0 Å². The van der Waals surface area contributed by atoms with Gasteiger partial charge >= 0.3 is 0 Å². The smallest absolute Gasteiger partial charge is 0.238 e. The number of aryl methyl sites for hydroxylation is 1. The highest BCUT2D eigenvalue weighted by Gasteiger charge is 2.17. The third kappa shape index (κ3) is 3.44. The van der Waals surface area contributed by atoms with E-state index in [1.54, 1.807) is 6.26 Å². The van der Waals surface area contributed by atoms with Gasteiger partial charge in [-0.2, -0.15) is 4.98 Å². The van der Waals surface area contributed by atoms with Gasteiger partial charge in [0.05, 0.1) is 6.26 Å². The van der Waals surface area contributed by atoms with Crippen LogP contribution in [0.4, 0.5) is 0 Å². The Morgan fingerprint density at radius 2 is 2.16 bits per heavy atom. The lowest BCUT2D eigenvalue weighted by molar-refractivity contribution is 0.331. The van der Waals surface area contributed by atoms with Crippen molar-refractivity contribution in [1.82, 2.24) is 10.1 Å². The molecule has 0 aromatic carbocycles. The van der Waals surface area contributed by atoms with Crippen molar-refractivity contribution in [2.24, 2.45) is 17.6 Å². The summed E-state index contributed by atoms with van der Waals surface area (Å²) < 4.78 is 10.6. The Balaban J connectivity index is 2.07. The SMILES string of the molecule is Cc1ccoc1-c1noc(C[C@@H](CN)CC(C)C)n1. The molecule has 0 spiro atoms. The Morgan fingerprint density at radius 3 is 2.74 bits per heavy atom. The molecule has 19 heavy (non-hydrogen) atoms. The summed E-state index contributed by atoms with van der Waals surface area (Å²) in [6, 6.07) is 1.88. The topological polar surface area (TPSA) is 78.1 Å². The molecular weight excluding hydrogens is 242 g/mol. The van der Waals surface area contributed by atoms with E-state index in [2.05, 4.69) is 24.0 Å². The van der Waals surface area contributed by atoms with Crippen molar-refractivity contribution in [3.8, 4) is 11.6 Å².